The minimum atomic E-state index is -0.276. The van der Waals surface area contributed by atoms with Crippen LogP contribution in [-0.4, -0.2) is 18.4 Å². The lowest BCUT2D eigenvalue weighted by molar-refractivity contribution is 0.0318. The highest BCUT2D eigenvalue weighted by Gasteiger charge is 2.20. The molecule has 1 aromatic heterocycles. The zero-order valence-electron chi connectivity index (χ0n) is 11.6. The fourth-order valence-electron chi connectivity index (χ4n) is 2.57. The summed E-state index contributed by atoms with van der Waals surface area (Å²) in [6.45, 7) is 0. The lowest BCUT2D eigenvalue weighted by Gasteiger charge is -2.11. The van der Waals surface area contributed by atoms with Crippen LogP contribution in [0.2, 0.25) is 0 Å². The van der Waals surface area contributed by atoms with E-state index in [4.69, 9.17) is 9.15 Å². The van der Waals surface area contributed by atoms with Crippen molar-refractivity contribution in [2.45, 2.75) is 31.8 Å². The van der Waals surface area contributed by atoms with Gasteiger partial charge < -0.3 is 9.15 Å². The number of hydrogen-bond donors (Lipinski definition) is 0. The topological polar surface area (TPSA) is 56.5 Å². The molecule has 21 heavy (non-hydrogen) atoms. The largest absolute Gasteiger partial charge is 0.459 e. The Hall–Kier alpha value is -2.36. The van der Waals surface area contributed by atoms with E-state index in [1.807, 2.05) is 0 Å². The SMILES string of the molecule is O=Cc1ccc(-c2ccc(C(=O)OC3CCCC3)cc2)o1. The van der Waals surface area contributed by atoms with Gasteiger partial charge in [0.05, 0.1) is 5.56 Å². The number of ether oxygens (including phenoxy) is 1. The standard InChI is InChI=1S/C17H16O4/c18-11-15-9-10-16(20-15)12-5-7-13(8-6-12)17(19)21-14-3-1-2-4-14/h5-11,14H,1-4H2. The predicted molar refractivity (Wildman–Crippen MR) is 77.2 cm³/mol. The zero-order valence-corrected chi connectivity index (χ0v) is 11.6. The summed E-state index contributed by atoms with van der Waals surface area (Å²) in [5.41, 5.74) is 1.35. The molecule has 2 aromatic rings. The maximum absolute atomic E-state index is 12.0. The number of furan rings is 1. The van der Waals surface area contributed by atoms with Gasteiger partial charge in [-0.1, -0.05) is 12.1 Å². The molecule has 0 atom stereocenters. The molecule has 4 nitrogen and oxygen atoms in total. The fourth-order valence-corrected chi connectivity index (χ4v) is 2.57. The highest BCUT2D eigenvalue weighted by atomic mass is 16.5. The van der Waals surface area contributed by atoms with E-state index in [9.17, 15) is 9.59 Å². The van der Waals surface area contributed by atoms with Gasteiger partial charge in [-0.15, -0.1) is 0 Å². The van der Waals surface area contributed by atoms with E-state index >= 15 is 0 Å². The quantitative estimate of drug-likeness (QED) is 0.632. The Morgan fingerprint density at radius 2 is 1.81 bits per heavy atom. The number of benzene rings is 1. The summed E-state index contributed by atoms with van der Waals surface area (Å²) in [7, 11) is 0. The molecule has 1 fully saturated rings. The van der Waals surface area contributed by atoms with E-state index in [1.165, 1.54) is 0 Å². The molecule has 1 saturated carbocycles. The van der Waals surface area contributed by atoms with Crippen molar-refractivity contribution in [3.8, 4) is 11.3 Å². The van der Waals surface area contributed by atoms with Crippen molar-refractivity contribution in [1.82, 2.24) is 0 Å². The molecule has 1 aliphatic carbocycles. The molecule has 0 N–H and O–H groups in total. The Kier molecular flexibility index (Phi) is 3.86. The van der Waals surface area contributed by atoms with Crippen molar-refractivity contribution in [3.05, 3.63) is 47.7 Å². The summed E-state index contributed by atoms with van der Waals surface area (Å²) in [5, 5.41) is 0. The number of esters is 1. The Balaban J connectivity index is 1.70. The first-order valence-corrected chi connectivity index (χ1v) is 7.13. The average Bonchev–Trinajstić information content (AvgIpc) is 3.18. The van der Waals surface area contributed by atoms with E-state index in [0.29, 0.717) is 17.6 Å². The van der Waals surface area contributed by atoms with Gasteiger partial charge in [-0.3, -0.25) is 4.79 Å². The summed E-state index contributed by atoms with van der Waals surface area (Å²) in [6.07, 6.45) is 4.92. The maximum atomic E-state index is 12.0. The molecule has 0 aliphatic heterocycles. The molecule has 0 radical (unpaired) electrons. The van der Waals surface area contributed by atoms with E-state index in [0.717, 1.165) is 31.2 Å². The van der Waals surface area contributed by atoms with Crippen LogP contribution in [0.3, 0.4) is 0 Å². The van der Waals surface area contributed by atoms with E-state index in [1.54, 1.807) is 36.4 Å². The molecule has 0 bridgehead atoms. The number of rotatable bonds is 4. The Morgan fingerprint density at radius 1 is 1.10 bits per heavy atom. The zero-order chi connectivity index (χ0) is 14.7. The average molecular weight is 284 g/mol. The van der Waals surface area contributed by atoms with Crippen LogP contribution in [0.1, 0.15) is 46.6 Å². The Morgan fingerprint density at radius 3 is 2.43 bits per heavy atom. The molecular formula is C17H16O4. The van der Waals surface area contributed by atoms with Crippen LogP contribution in [0.25, 0.3) is 11.3 Å². The van der Waals surface area contributed by atoms with Crippen LogP contribution in [0.4, 0.5) is 0 Å². The second-order valence-electron chi connectivity index (χ2n) is 5.21. The maximum Gasteiger partial charge on any atom is 0.338 e. The number of aldehydes is 1. The molecule has 0 unspecified atom stereocenters. The molecule has 1 aromatic carbocycles. The molecule has 4 heteroatoms. The molecule has 0 spiro atoms. The molecule has 0 amide bonds. The normalized spacial score (nSPS) is 15.0. The fraction of sp³-hybridized carbons (Fsp3) is 0.294. The van der Waals surface area contributed by atoms with Gasteiger partial charge in [0, 0.05) is 5.56 Å². The monoisotopic (exact) mass is 284 g/mol. The third kappa shape index (κ3) is 3.05. The van der Waals surface area contributed by atoms with Crippen LogP contribution in [0.15, 0.2) is 40.8 Å². The van der Waals surface area contributed by atoms with Gasteiger partial charge in [0.25, 0.3) is 0 Å². The van der Waals surface area contributed by atoms with Gasteiger partial charge in [-0.2, -0.15) is 0 Å². The lowest BCUT2D eigenvalue weighted by atomic mass is 10.1. The third-order valence-corrected chi connectivity index (χ3v) is 3.72. The van der Waals surface area contributed by atoms with Crippen molar-refractivity contribution in [1.29, 1.82) is 0 Å². The first kappa shape index (κ1) is 13.6. The summed E-state index contributed by atoms with van der Waals surface area (Å²) < 4.78 is 10.8. The van der Waals surface area contributed by atoms with Crippen LogP contribution in [-0.2, 0) is 4.74 Å². The van der Waals surface area contributed by atoms with E-state index in [2.05, 4.69) is 0 Å². The highest BCUT2D eigenvalue weighted by molar-refractivity contribution is 5.90. The molecule has 108 valence electrons. The molecular weight excluding hydrogens is 268 g/mol. The van der Waals surface area contributed by atoms with Crippen LogP contribution < -0.4 is 0 Å². The van der Waals surface area contributed by atoms with Crippen molar-refractivity contribution < 1.29 is 18.7 Å². The van der Waals surface area contributed by atoms with Crippen molar-refractivity contribution in [2.24, 2.45) is 0 Å². The van der Waals surface area contributed by atoms with Crippen molar-refractivity contribution in [3.63, 3.8) is 0 Å². The third-order valence-electron chi connectivity index (χ3n) is 3.72. The smallest absolute Gasteiger partial charge is 0.338 e. The number of carbonyl (C=O) groups is 2. The predicted octanol–water partition coefficient (Wildman–Crippen LogP) is 3.86. The summed E-state index contributed by atoms with van der Waals surface area (Å²) in [5.74, 6) is 0.615. The molecule has 1 aliphatic rings. The number of carbonyl (C=O) groups excluding carboxylic acids is 2. The summed E-state index contributed by atoms with van der Waals surface area (Å²) in [4.78, 5) is 22.6. The van der Waals surface area contributed by atoms with Gasteiger partial charge in [0.1, 0.15) is 11.9 Å². The van der Waals surface area contributed by atoms with Gasteiger partial charge >= 0.3 is 5.97 Å². The summed E-state index contributed by atoms with van der Waals surface area (Å²) >= 11 is 0. The van der Waals surface area contributed by atoms with E-state index in [-0.39, 0.29) is 17.8 Å². The van der Waals surface area contributed by atoms with Crippen molar-refractivity contribution in [2.75, 3.05) is 0 Å². The molecule has 0 saturated heterocycles. The minimum absolute atomic E-state index is 0.0670. The van der Waals surface area contributed by atoms with Crippen molar-refractivity contribution >= 4 is 12.3 Å². The Bertz CT molecular complexity index is 633. The van der Waals surface area contributed by atoms with Gasteiger partial charge in [-0.05, 0) is 49.9 Å². The minimum Gasteiger partial charge on any atom is -0.459 e. The molecule has 1 heterocycles. The first-order chi connectivity index (χ1) is 10.3. The number of hydrogen-bond acceptors (Lipinski definition) is 4. The second-order valence-corrected chi connectivity index (χ2v) is 5.21. The van der Waals surface area contributed by atoms with Crippen LogP contribution in [0.5, 0.6) is 0 Å². The van der Waals surface area contributed by atoms with Crippen LogP contribution in [0, 0.1) is 0 Å². The molecule has 3 rings (SSSR count). The van der Waals surface area contributed by atoms with E-state index < -0.39 is 0 Å². The van der Waals surface area contributed by atoms with Gasteiger partial charge in [0.15, 0.2) is 12.0 Å². The highest BCUT2D eigenvalue weighted by Crippen LogP contribution is 2.24. The van der Waals surface area contributed by atoms with Crippen LogP contribution >= 0.6 is 0 Å². The van der Waals surface area contributed by atoms with Gasteiger partial charge in [0.2, 0.25) is 0 Å². The van der Waals surface area contributed by atoms with Gasteiger partial charge in [-0.25, -0.2) is 4.79 Å². The second kappa shape index (κ2) is 5.95. The first-order valence-electron chi connectivity index (χ1n) is 7.13. The Labute approximate surface area is 122 Å². The lowest BCUT2D eigenvalue weighted by Crippen LogP contribution is -2.14. The summed E-state index contributed by atoms with van der Waals surface area (Å²) in [6, 6.07) is 10.4.